The summed E-state index contributed by atoms with van der Waals surface area (Å²) in [6.07, 6.45) is 39.1. The van der Waals surface area contributed by atoms with Crippen LogP contribution in [0.5, 0.6) is 0 Å². The average molecular weight is 786 g/mol. The van der Waals surface area contributed by atoms with Crippen LogP contribution in [0.2, 0.25) is 0 Å². The van der Waals surface area contributed by atoms with Crippen molar-refractivity contribution in [3.63, 3.8) is 0 Å². The molecule has 0 aliphatic rings. The van der Waals surface area contributed by atoms with Gasteiger partial charge in [-0.25, -0.2) is 0 Å². The largest absolute Gasteiger partial charge is 0.756 e. The molecule has 0 saturated heterocycles. The predicted octanol–water partition coefficient (Wildman–Crippen LogP) is 11.7. The van der Waals surface area contributed by atoms with E-state index in [1.165, 1.54) is 89.9 Å². The number of nitrogens with zero attached hydrogens (tertiary/aromatic N) is 1. The van der Waals surface area contributed by atoms with E-state index in [1.807, 2.05) is 21.1 Å². The number of phosphoric ester groups is 1. The number of esters is 2. The topological polar surface area (TPSA) is 111 Å². The lowest BCUT2D eigenvalue weighted by molar-refractivity contribution is -0.870. The summed E-state index contributed by atoms with van der Waals surface area (Å²) in [4.78, 5) is 37.5. The summed E-state index contributed by atoms with van der Waals surface area (Å²) in [5.74, 6) is -0.850. The zero-order valence-corrected chi connectivity index (χ0v) is 36.6. The molecule has 0 saturated carbocycles. The minimum atomic E-state index is -4.62. The Morgan fingerprint density at radius 3 is 1.37 bits per heavy atom. The van der Waals surface area contributed by atoms with Crippen LogP contribution in [0, 0.1) is 0 Å². The molecule has 0 bridgehead atoms. The van der Waals surface area contributed by atoms with E-state index in [2.05, 4.69) is 38.2 Å². The van der Waals surface area contributed by atoms with E-state index in [4.69, 9.17) is 18.5 Å². The number of allylic oxidation sites excluding steroid dienone is 4. The minimum absolute atomic E-state index is 0.0326. The SMILES string of the molecule is CCCCCCCC/C=C/CCCCCCCC(=O)OC[C@@H](COP(=O)([O-])OCC[N+](C)(C)C)OC(=O)CCCCCCC/C=C/CCCCCCCC. The maximum absolute atomic E-state index is 12.7. The van der Waals surface area contributed by atoms with Crippen molar-refractivity contribution < 1.29 is 42.1 Å². The molecule has 10 heteroatoms. The smallest absolute Gasteiger partial charge is 0.306 e. The molecule has 0 heterocycles. The number of carbonyl (C=O) groups is 2. The van der Waals surface area contributed by atoms with E-state index in [1.54, 1.807) is 0 Å². The van der Waals surface area contributed by atoms with E-state index in [-0.39, 0.29) is 26.1 Å². The molecule has 0 rings (SSSR count). The predicted molar refractivity (Wildman–Crippen MR) is 222 cm³/mol. The van der Waals surface area contributed by atoms with Gasteiger partial charge in [-0.3, -0.25) is 14.2 Å². The van der Waals surface area contributed by atoms with Gasteiger partial charge in [-0.2, -0.15) is 0 Å². The van der Waals surface area contributed by atoms with Crippen LogP contribution in [0.1, 0.15) is 194 Å². The number of quaternary nitrogens is 1. The first kappa shape index (κ1) is 52.5. The van der Waals surface area contributed by atoms with Crippen molar-refractivity contribution in [2.75, 3.05) is 47.5 Å². The molecule has 1 unspecified atom stereocenters. The summed E-state index contributed by atoms with van der Waals surface area (Å²) in [6.45, 7) is 4.20. The highest BCUT2D eigenvalue weighted by atomic mass is 31.2. The zero-order valence-electron chi connectivity index (χ0n) is 35.7. The van der Waals surface area contributed by atoms with E-state index in [9.17, 15) is 19.0 Å². The molecular weight excluding hydrogens is 701 g/mol. The van der Waals surface area contributed by atoms with Crippen molar-refractivity contribution in [3.05, 3.63) is 24.3 Å². The van der Waals surface area contributed by atoms with Gasteiger partial charge in [0.1, 0.15) is 19.8 Å². The number of hydrogen-bond acceptors (Lipinski definition) is 8. The van der Waals surface area contributed by atoms with Gasteiger partial charge < -0.3 is 27.9 Å². The Hall–Kier alpha value is -1.51. The Bertz CT molecular complexity index is 980. The molecule has 9 nitrogen and oxygen atoms in total. The fourth-order valence-electron chi connectivity index (χ4n) is 5.94. The van der Waals surface area contributed by atoms with E-state index in [0.717, 1.165) is 70.6 Å². The second-order valence-corrected chi connectivity index (χ2v) is 17.5. The molecule has 0 amide bonds. The maximum Gasteiger partial charge on any atom is 0.306 e. The lowest BCUT2D eigenvalue weighted by atomic mass is 10.1. The lowest BCUT2D eigenvalue weighted by Gasteiger charge is -2.28. The number of carbonyl (C=O) groups excluding carboxylic acids is 2. The Labute approximate surface area is 332 Å². The number of unbranched alkanes of at least 4 members (excludes halogenated alkanes) is 22. The fourth-order valence-corrected chi connectivity index (χ4v) is 6.67. The van der Waals surface area contributed by atoms with Gasteiger partial charge >= 0.3 is 11.9 Å². The van der Waals surface area contributed by atoms with Crippen LogP contribution in [-0.2, 0) is 32.7 Å². The van der Waals surface area contributed by atoms with Gasteiger partial charge in [0.15, 0.2) is 6.10 Å². The molecule has 0 aromatic carbocycles. The quantitative estimate of drug-likeness (QED) is 0.0198. The highest BCUT2D eigenvalue weighted by Crippen LogP contribution is 2.38. The van der Waals surface area contributed by atoms with Crippen LogP contribution in [0.3, 0.4) is 0 Å². The molecule has 0 N–H and O–H groups in total. The summed E-state index contributed by atoms with van der Waals surface area (Å²) in [5.41, 5.74) is 0. The van der Waals surface area contributed by atoms with Crippen LogP contribution >= 0.6 is 7.82 Å². The fraction of sp³-hybridized carbons (Fsp3) is 0.864. The Morgan fingerprint density at radius 2 is 0.944 bits per heavy atom. The summed E-state index contributed by atoms with van der Waals surface area (Å²) >= 11 is 0. The van der Waals surface area contributed by atoms with E-state index >= 15 is 0 Å². The van der Waals surface area contributed by atoms with E-state index in [0.29, 0.717) is 17.4 Å². The average Bonchev–Trinajstić information content (AvgIpc) is 3.12. The Morgan fingerprint density at radius 1 is 0.556 bits per heavy atom. The normalized spacial score (nSPS) is 13.8. The maximum atomic E-state index is 12.7. The van der Waals surface area contributed by atoms with Gasteiger partial charge in [-0.15, -0.1) is 0 Å². The van der Waals surface area contributed by atoms with Crippen molar-refractivity contribution in [1.82, 2.24) is 0 Å². The first-order valence-corrected chi connectivity index (χ1v) is 23.5. The Kier molecular flexibility index (Phi) is 36.1. The standard InChI is InChI=1S/C44H84NO8P/c1-6-8-10-12-14-16-18-20-22-24-26-28-30-32-34-36-43(46)50-40-42(41-52-54(48,49)51-39-38-45(3,4)5)53-44(47)37-35-33-31-29-27-25-23-21-19-17-15-13-11-9-7-2/h20-23,42H,6-19,24-41H2,1-5H3/b22-20+,23-21+/t42-/m0/s1. The molecule has 0 aromatic heterocycles. The number of ether oxygens (including phenoxy) is 2. The monoisotopic (exact) mass is 786 g/mol. The minimum Gasteiger partial charge on any atom is -0.756 e. The Balaban J connectivity index is 4.38. The highest BCUT2D eigenvalue weighted by Gasteiger charge is 2.21. The van der Waals surface area contributed by atoms with Crippen LogP contribution in [-0.4, -0.2) is 70.0 Å². The highest BCUT2D eigenvalue weighted by molar-refractivity contribution is 7.45. The first-order valence-electron chi connectivity index (χ1n) is 22.0. The van der Waals surface area contributed by atoms with Gasteiger partial charge in [0.2, 0.25) is 0 Å². The van der Waals surface area contributed by atoms with Crippen molar-refractivity contribution in [1.29, 1.82) is 0 Å². The third-order valence-corrected chi connectivity index (χ3v) is 10.4. The van der Waals surface area contributed by atoms with Gasteiger partial charge in [-0.1, -0.05) is 141 Å². The van der Waals surface area contributed by atoms with Crippen molar-refractivity contribution >= 4 is 19.8 Å². The molecule has 54 heavy (non-hydrogen) atoms. The third kappa shape index (κ3) is 40.2. The molecule has 0 fully saturated rings. The van der Waals surface area contributed by atoms with Gasteiger partial charge in [0, 0.05) is 12.8 Å². The summed E-state index contributed by atoms with van der Waals surface area (Å²) in [5, 5.41) is 0. The second kappa shape index (κ2) is 37.1. The second-order valence-electron chi connectivity index (χ2n) is 16.1. The number of likely N-dealkylation sites (N-methyl/N-ethyl adjacent to an activating group) is 1. The van der Waals surface area contributed by atoms with Crippen molar-refractivity contribution in [2.45, 2.75) is 200 Å². The van der Waals surface area contributed by atoms with E-state index < -0.39 is 32.5 Å². The number of rotatable bonds is 40. The molecule has 2 atom stereocenters. The molecule has 0 aliphatic carbocycles. The molecular formula is C44H84NO8P. The third-order valence-electron chi connectivity index (χ3n) is 9.44. The lowest BCUT2D eigenvalue weighted by Crippen LogP contribution is -2.37. The van der Waals surface area contributed by atoms with Crippen LogP contribution in [0.15, 0.2) is 24.3 Å². The van der Waals surface area contributed by atoms with Gasteiger partial charge in [-0.05, 0) is 64.2 Å². The van der Waals surface area contributed by atoms with Crippen LogP contribution in [0.4, 0.5) is 0 Å². The molecule has 318 valence electrons. The molecule has 0 aliphatic heterocycles. The number of phosphoric acid groups is 1. The molecule has 0 aromatic rings. The van der Waals surface area contributed by atoms with Gasteiger partial charge in [0.05, 0.1) is 27.7 Å². The molecule has 0 radical (unpaired) electrons. The molecule has 0 spiro atoms. The van der Waals surface area contributed by atoms with Crippen molar-refractivity contribution in [2.24, 2.45) is 0 Å². The summed E-state index contributed by atoms with van der Waals surface area (Å²) in [7, 11) is 1.16. The summed E-state index contributed by atoms with van der Waals surface area (Å²) in [6, 6.07) is 0. The number of hydrogen-bond donors (Lipinski definition) is 0. The van der Waals surface area contributed by atoms with Crippen LogP contribution in [0.25, 0.3) is 0 Å². The van der Waals surface area contributed by atoms with Crippen molar-refractivity contribution in [3.8, 4) is 0 Å². The van der Waals surface area contributed by atoms with Crippen LogP contribution < -0.4 is 4.89 Å². The zero-order chi connectivity index (χ0) is 40.0. The summed E-state index contributed by atoms with van der Waals surface area (Å²) < 4.78 is 33.9. The first-order chi connectivity index (χ1) is 26.0. The van der Waals surface area contributed by atoms with Gasteiger partial charge in [0.25, 0.3) is 7.82 Å².